The lowest BCUT2D eigenvalue weighted by atomic mass is 10.1. The van der Waals surface area contributed by atoms with Crippen molar-refractivity contribution in [1.29, 1.82) is 5.41 Å². The minimum Gasteiger partial charge on any atom is -0.487 e. The van der Waals surface area contributed by atoms with Crippen LogP contribution >= 0.6 is 23.2 Å². The Bertz CT molecular complexity index is 2020. The molecule has 11 nitrogen and oxygen atoms in total. The number of pyridine rings is 1. The van der Waals surface area contributed by atoms with Gasteiger partial charge in [0.1, 0.15) is 34.6 Å². The average molecular weight is 740 g/mol. The molecule has 0 spiro atoms. The molecule has 0 aliphatic carbocycles. The zero-order chi connectivity index (χ0) is 36.0. The van der Waals surface area contributed by atoms with Crippen molar-refractivity contribution < 1.29 is 22.7 Å². The predicted octanol–water partition coefficient (Wildman–Crippen LogP) is 5.89. The molecule has 0 saturated carbocycles. The fourth-order valence-corrected chi connectivity index (χ4v) is 8.53. The fraction of sp³-hybridized carbons (Fsp3) is 0.333. The number of sulfonamides is 1. The maximum atomic E-state index is 13.9. The van der Waals surface area contributed by atoms with Crippen LogP contribution in [0.5, 0.6) is 5.75 Å². The largest absolute Gasteiger partial charge is 0.487 e. The SMILES string of the molecule is Cc1cc(C)c2cccc(OCc3c(Cl)ccc(S(=O)(=O)N4CCCC4C(=O)NCCCCCNC(=O)c4ccc(C(=N)N)cc4)c3Cl)c2n1. The van der Waals surface area contributed by atoms with Gasteiger partial charge < -0.3 is 21.1 Å². The molecule has 1 unspecified atom stereocenters. The molecule has 1 fully saturated rings. The Morgan fingerprint density at radius 2 is 1.70 bits per heavy atom. The molecular weight excluding hydrogens is 699 g/mol. The van der Waals surface area contributed by atoms with Gasteiger partial charge in [-0.15, -0.1) is 0 Å². The summed E-state index contributed by atoms with van der Waals surface area (Å²) in [5, 5.41) is 14.3. The van der Waals surface area contributed by atoms with E-state index in [9.17, 15) is 18.0 Å². The summed E-state index contributed by atoms with van der Waals surface area (Å²) in [6.45, 7) is 4.83. The van der Waals surface area contributed by atoms with Gasteiger partial charge in [-0.3, -0.25) is 15.0 Å². The van der Waals surface area contributed by atoms with Gasteiger partial charge in [-0.1, -0.05) is 47.5 Å². The molecule has 50 heavy (non-hydrogen) atoms. The van der Waals surface area contributed by atoms with Gasteiger partial charge in [0.25, 0.3) is 5.91 Å². The standard InChI is InChI=1S/C36H40Cl2N6O5S/c1-22-20-23(2)43-33-26(22)8-6-10-30(33)49-21-27-28(37)15-16-31(32(27)38)50(47,48)44-19-7-9-29(44)36(46)42-18-5-3-4-17-41-35(45)25-13-11-24(12-14-25)34(39)40/h6,8,10-16,20,29H,3-5,7,9,17-19,21H2,1-2H3,(H3,39,40)(H,41,45)(H,42,46). The maximum absolute atomic E-state index is 13.9. The summed E-state index contributed by atoms with van der Waals surface area (Å²) < 4.78 is 35.2. The number of nitrogen functional groups attached to an aromatic ring is 1. The molecule has 0 radical (unpaired) electrons. The average Bonchev–Trinajstić information content (AvgIpc) is 3.59. The topological polar surface area (TPSA) is 168 Å². The van der Waals surface area contributed by atoms with E-state index in [2.05, 4.69) is 15.6 Å². The minimum atomic E-state index is -4.15. The lowest BCUT2D eigenvalue weighted by Crippen LogP contribution is -2.46. The predicted molar refractivity (Wildman–Crippen MR) is 196 cm³/mol. The Morgan fingerprint density at radius 3 is 2.42 bits per heavy atom. The highest BCUT2D eigenvalue weighted by atomic mass is 35.5. The lowest BCUT2D eigenvalue weighted by Gasteiger charge is -2.24. The van der Waals surface area contributed by atoms with Gasteiger partial charge in [0.05, 0.1) is 5.02 Å². The third-order valence-corrected chi connectivity index (χ3v) is 11.5. The number of nitrogens with two attached hydrogens (primary N) is 1. The number of carbonyl (C=O) groups excluding carboxylic acids is 2. The molecule has 5 N–H and O–H groups in total. The smallest absolute Gasteiger partial charge is 0.251 e. The molecule has 5 rings (SSSR count). The van der Waals surface area contributed by atoms with Crippen molar-refractivity contribution in [2.24, 2.45) is 5.73 Å². The first kappa shape index (κ1) is 37.0. The Balaban J connectivity index is 1.15. The molecular formula is C36H40Cl2N6O5S. The molecule has 2 heterocycles. The van der Waals surface area contributed by atoms with Gasteiger partial charge in [-0.05, 0) is 87.9 Å². The number of fused-ring (bicyclic) bond motifs is 1. The van der Waals surface area contributed by atoms with Crippen LogP contribution in [-0.4, -0.2) is 61.0 Å². The normalized spacial score (nSPS) is 14.8. The van der Waals surface area contributed by atoms with E-state index < -0.39 is 16.1 Å². The van der Waals surface area contributed by atoms with E-state index in [1.54, 1.807) is 30.3 Å². The number of nitrogens with one attached hydrogen (secondary N) is 3. The van der Waals surface area contributed by atoms with Crippen LogP contribution in [0.4, 0.5) is 0 Å². The first-order valence-electron chi connectivity index (χ1n) is 16.4. The summed E-state index contributed by atoms with van der Waals surface area (Å²) in [4.78, 5) is 30.0. The number of benzene rings is 3. The number of aryl methyl sites for hydroxylation is 2. The Labute approximate surface area is 302 Å². The zero-order valence-corrected chi connectivity index (χ0v) is 30.2. The van der Waals surface area contributed by atoms with Gasteiger partial charge in [-0.2, -0.15) is 4.31 Å². The number of amides is 2. The van der Waals surface area contributed by atoms with E-state index in [0.717, 1.165) is 23.1 Å². The molecule has 0 bridgehead atoms. The molecule has 1 aliphatic heterocycles. The summed E-state index contributed by atoms with van der Waals surface area (Å²) in [5.74, 6) is -0.123. The van der Waals surface area contributed by atoms with E-state index in [4.69, 9.17) is 39.1 Å². The number of rotatable bonds is 14. The highest BCUT2D eigenvalue weighted by Gasteiger charge is 2.40. The van der Waals surface area contributed by atoms with Crippen LogP contribution in [0.3, 0.4) is 0 Å². The molecule has 4 aromatic rings. The summed E-state index contributed by atoms with van der Waals surface area (Å²) in [6, 6.07) is 16.1. The zero-order valence-electron chi connectivity index (χ0n) is 27.9. The second-order valence-corrected chi connectivity index (χ2v) is 14.9. The Kier molecular flexibility index (Phi) is 12.0. The number of aromatic nitrogens is 1. The number of amidine groups is 1. The summed E-state index contributed by atoms with van der Waals surface area (Å²) in [7, 11) is -4.15. The number of para-hydroxylation sites is 1. The quantitative estimate of drug-likeness (QED) is 0.0711. The van der Waals surface area contributed by atoms with Crippen molar-refractivity contribution >= 4 is 61.8 Å². The van der Waals surface area contributed by atoms with Crippen LogP contribution < -0.4 is 21.1 Å². The lowest BCUT2D eigenvalue weighted by molar-refractivity contribution is -0.124. The number of halogens is 2. The number of hydrogen-bond donors (Lipinski definition) is 4. The highest BCUT2D eigenvalue weighted by molar-refractivity contribution is 7.89. The third kappa shape index (κ3) is 8.38. The van der Waals surface area contributed by atoms with Crippen LogP contribution in [0, 0.1) is 19.3 Å². The Hall–Kier alpha value is -4.23. The molecule has 1 aromatic heterocycles. The van der Waals surface area contributed by atoms with Gasteiger partial charge in [-0.25, -0.2) is 13.4 Å². The van der Waals surface area contributed by atoms with Crippen molar-refractivity contribution in [3.63, 3.8) is 0 Å². The monoisotopic (exact) mass is 738 g/mol. The molecule has 1 saturated heterocycles. The number of nitrogens with zero attached hydrogens (tertiary/aromatic N) is 2. The van der Waals surface area contributed by atoms with Crippen molar-refractivity contribution in [2.75, 3.05) is 19.6 Å². The van der Waals surface area contributed by atoms with Gasteiger partial charge >= 0.3 is 0 Å². The molecule has 1 atom stereocenters. The molecule has 2 amide bonds. The van der Waals surface area contributed by atoms with E-state index in [0.29, 0.717) is 66.7 Å². The molecule has 1 aliphatic rings. The van der Waals surface area contributed by atoms with E-state index in [-0.39, 0.29) is 45.7 Å². The highest BCUT2D eigenvalue weighted by Crippen LogP contribution is 2.36. The molecule has 264 valence electrons. The van der Waals surface area contributed by atoms with Crippen LogP contribution in [-0.2, 0) is 21.4 Å². The van der Waals surface area contributed by atoms with E-state index >= 15 is 0 Å². The van der Waals surface area contributed by atoms with Crippen molar-refractivity contribution in [1.82, 2.24) is 19.9 Å². The fourth-order valence-electron chi connectivity index (χ4n) is 6.01. The van der Waals surface area contributed by atoms with Crippen molar-refractivity contribution in [3.8, 4) is 5.75 Å². The first-order chi connectivity index (χ1) is 23.9. The van der Waals surface area contributed by atoms with Crippen LogP contribution in [0.15, 0.2) is 65.6 Å². The van der Waals surface area contributed by atoms with E-state index in [1.165, 1.54) is 16.4 Å². The first-order valence-corrected chi connectivity index (χ1v) is 18.6. The summed E-state index contributed by atoms with van der Waals surface area (Å²) in [5.41, 5.74) is 9.39. The van der Waals surface area contributed by atoms with E-state index in [1.807, 2.05) is 32.0 Å². The second-order valence-electron chi connectivity index (χ2n) is 12.2. The molecule has 14 heteroatoms. The number of carbonyl (C=O) groups is 2. The van der Waals surface area contributed by atoms with Crippen LogP contribution in [0.1, 0.15) is 64.8 Å². The van der Waals surface area contributed by atoms with Crippen LogP contribution in [0.2, 0.25) is 10.0 Å². The van der Waals surface area contributed by atoms with Gasteiger partial charge in [0.2, 0.25) is 15.9 Å². The second kappa shape index (κ2) is 16.2. The van der Waals surface area contributed by atoms with Gasteiger partial charge in [0, 0.05) is 52.4 Å². The van der Waals surface area contributed by atoms with Crippen LogP contribution in [0.25, 0.3) is 10.9 Å². The Morgan fingerprint density at radius 1 is 1.00 bits per heavy atom. The van der Waals surface area contributed by atoms with Crippen molar-refractivity contribution in [3.05, 3.63) is 98.7 Å². The van der Waals surface area contributed by atoms with Gasteiger partial charge in [0.15, 0.2) is 0 Å². The number of ether oxygens (including phenoxy) is 1. The number of hydrogen-bond acceptors (Lipinski definition) is 7. The summed E-state index contributed by atoms with van der Waals surface area (Å²) in [6.07, 6.45) is 3.03. The number of unbranched alkanes of at least 4 members (excludes halogenated alkanes) is 2. The minimum absolute atomic E-state index is 0.0516. The third-order valence-electron chi connectivity index (χ3n) is 8.65. The van der Waals surface area contributed by atoms with Crippen molar-refractivity contribution in [2.45, 2.75) is 63.5 Å². The summed E-state index contributed by atoms with van der Waals surface area (Å²) >= 11 is 13.2. The maximum Gasteiger partial charge on any atom is 0.251 e. The molecule has 3 aromatic carbocycles.